The molecule has 0 unspecified atom stereocenters. The van der Waals surface area contributed by atoms with E-state index in [1.807, 2.05) is 30.3 Å². The van der Waals surface area contributed by atoms with Gasteiger partial charge in [0.15, 0.2) is 6.61 Å². The Morgan fingerprint density at radius 2 is 1.69 bits per heavy atom. The largest absolute Gasteiger partial charge is 0.454 e. The Hall–Kier alpha value is -3.77. The van der Waals surface area contributed by atoms with Crippen LogP contribution in [0.1, 0.15) is 28.4 Å². The normalized spacial score (nSPS) is 11.0. The van der Waals surface area contributed by atoms with Gasteiger partial charge in [0.05, 0.1) is 11.1 Å². The first-order chi connectivity index (χ1) is 15.3. The Morgan fingerprint density at radius 3 is 2.31 bits per heavy atom. The van der Waals surface area contributed by atoms with E-state index in [-0.39, 0.29) is 22.7 Å². The van der Waals surface area contributed by atoms with Crippen molar-refractivity contribution in [3.05, 3.63) is 100 Å². The predicted octanol–water partition coefficient (Wildman–Crippen LogP) is 5.40. The average Bonchev–Trinajstić information content (AvgIpc) is 2.77. The summed E-state index contributed by atoms with van der Waals surface area (Å²) in [6.45, 7) is 0.645. The van der Waals surface area contributed by atoms with Crippen molar-refractivity contribution in [3.63, 3.8) is 0 Å². The Bertz CT molecular complexity index is 1170. The van der Waals surface area contributed by atoms with E-state index < -0.39 is 24.2 Å². The summed E-state index contributed by atoms with van der Waals surface area (Å²) in [5.41, 5.74) is 1.52. The second kappa shape index (κ2) is 10.5. The lowest BCUT2D eigenvalue weighted by Crippen LogP contribution is -2.16. The fraction of sp³-hybridized carbons (Fsp3) is 0.0800. The zero-order chi connectivity index (χ0) is 23.1. The van der Waals surface area contributed by atoms with Crippen LogP contribution in [0.5, 0.6) is 0 Å². The lowest BCUT2D eigenvalue weighted by atomic mass is 10.0. The molecule has 0 aromatic heterocycles. The number of benzene rings is 3. The smallest absolute Gasteiger partial charge is 0.339 e. The third-order valence-corrected chi connectivity index (χ3v) is 4.66. The highest BCUT2D eigenvalue weighted by molar-refractivity contribution is 6.30. The van der Waals surface area contributed by atoms with Crippen LogP contribution < -0.4 is 5.32 Å². The van der Waals surface area contributed by atoms with Crippen LogP contribution in [-0.4, -0.2) is 24.3 Å². The van der Waals surface area contributed by atoms with Crippen molar-refractivity contribution in [1.29, 1.82) is 0 Å². The van der Waals surface area contributed by atoms with Crippen LogP contribution in [-0.2, 0) is 14.3 Å². The summed E-state index contributed by atoms with van der Waals surface area (Å²) in [5.74, 6) is -2.63. The minimum absolute atomic E-state index is 0.222. The van der Waals surface area contributed by atoms with Gasteiger partial charge in [-0.15, -0.1) is 0 Å². The van der Waals surface area contributed by atoms with Gasteiger partial charge < -0.3 is 10.1 Å². The van der Waals surface area contributed by atoms with E-state index in [0.717, 1.165) is 11.6 Å². The van der Waals surface area contributed by atoms with E-state index in [4.69, 9.17) is 16.3 Å². The Balaban J connectivity index is 1.78. The molecular formula is C25H19ClFNO4. The van der Waals surface area contributed by atoms with Crippen LogP contribution in [0.2, 0.25) is 5.02 Å². The Morgan fingerprint density at radius 1 is 1.00 bits per heavy atom. The number of nitrogens with one attached hydrogen (secondary N) is 1. The van der Waals surface area contributed by atoms with E-state index in [1.165, 1.54) is 19.1 Å². The first-order valence-corrected chi connectivity index (χ1v) is 10.0. The van der Waals surface area contributed by atoms with Gasteiger partial charge in [-0.25, -0.2) is 9.18 Å². The third-order valence-electron chi connectivity index (χ3n) is 4.41. The maximum atomic E-state index is 14.3. The molecule has 32 heavy (non-hydrogen) atoms. The number of Topliss-reactive ketones (excluding diaryl/α,β-unsaturated/α-hetero) is 1. The van der Waals surface area contributed by atoms with Crippen molar-refractivity contribution in [2.24, 2.45) is 0 Å². The van der Waals surface area contributed by atoms with Crippen molar-refractivity contribution < 1.29 is 23.5 Å². The molecule has 3 rings (SSSR count). The first kappa shape index (κ1) is 22.9. The van der Waals surface area contributed by atoms with Crippen LogP contribution in [0.3, 0.4) is 0 Å². The topological polar surface area (TPSA) is 72.5 Å². The van der Waals surface area contributed by atoms with Gasteiger partial charge in [-0.05, 0) is 47.5 Å². The zero-order valence-corrected chi connectivity index (χ0v) is 17.9. The highest BCUT2D eigenvalue weighted by Crippen LogP contribution is 2.22. The number of amides is 1. The Labute approximate surface area is 189 Å². The molecule has 0 saturated carbocycles. The van der Waals surface area contributed by atoms with E-state index >= 15 is 0 Å². The molecular weight excluding hydrogens is 433 g/mol. The average molecular weight is 452 g/mol. The molecule has 0 aliphatic rings. The fourth-order valence-corrected chi connectivity index (χ4v) is 3.04. The summed E-state index contributed by atoms with van der Waals surface area (Å²) in [7, 11) is 0. The summed E-state index contributed by atoms with van der Waals surface area (Å²) in [5, 5.41) is 2.94. The molecule has 0 atom stereocenters. The number of anilines is 1. The van der Waals surface area contributed by atoms with Crippen LogP contribution in [0.25, 0.3) is 11.6 Å². The number of carbonyl (C=O) groups is 3. The number of ketones is 1. The molecule has 0 spiro atoms. The van der Waals surface area contributed by atoms with E-state index in [9.17, 15) is 18.8 Å². The van der Waals surface area contributed by atoms with Gasteiger partial charge in [0.2, 0.25) is 11.7 Å². The highest BCUT2D eigenvalue weighted by Gasteiger charge is 2.18. The molecule has 0 aliphatic carbocycles. The molecule has 7 heteroatoms. The molecule has 162 valence electrons. The van der Waals surface area contributed by atoms with Crippen LogP contribution in [0.4, 0.5) is 10.1 Å². The van der Waals surface area contributed by atoms with Crippen LogP contribution in [0, 0.1) is 5.82 Å². The van der Waals surface area contributed by atoms with Gasteiger partial charge in [0.1, 0.15) is 5.82 Å². The summed E-state index contributed by atoms with van der Waals surface area (Å²) >= 11 is 5.94. The number of ether oxygens (including phenoxy) is 1. The first-order valence-electron chi connectivity index (χ1n) is 9.63. The quantitative estimate of drug-likeness (QED) is 0.226. The second-order valence-electron chi connectivity index (χ2n) is 6.85. The standard InChI is InChI=1S/C25H19ClFNO4/c1-16(29)28-20-11-12-21(23(27)14-20)24(30)15-32-25(31)22(13-17-5-3-2-4-6-17)18-7-9-19(26)10-8-18/h2-14H,15H2,1H3,(H,28,29)/b22-13+. The minimum Gasteiger partial charge on any atom is -0.454 e. The predicted molar refractivity (Wildman–Crippen MR) is 122 cm³/mol. The highest BCUT2D eigenvalue weighted by atomic mass is 35.5. The molecule has 0 aliphatic heterocycles. The van der Waals surface area contributed by atoms with Crippen LogP contribution in [0.15, 0.2) is 72.8 Å². The van der Waals surface area contributed by atoms with Gasteiger partial charge in [0.25, 0.3) is 0 Å². The number of hydrogen-bond donors (Lipinski definition) is 1. The molecule has 0 fully saturated rings. The van der Waals surface area contributed by atoms with Gasteiger partial charge in [-0.3, -0.25) is 9.59 Å². The number of carbonyl (C=O) groups excluding carboxylic acids is 3. The molecule has 0 radical (unpaired) electrons. The van der Waals surface area contributed by atoms with Crippen molar-refractivity contribution in [3.8, 4) is 0 Å². The number of rotatable bonds is 7. The monoisotopic (exact) mass is 451 g/mol. The number of esters is 1. The summed E-state index contributed by atoms with van der Waals surface area (Å²) < 4.78 is 19.5. The lowest BCUT2D eigenvalue weighted by Gasteiger charge is -2.10. The lowest BCUT2D eigenvalue weighted by molar-refractivity contribution is -0.135. The van der Waals surface area contributed by atoms with Gasteiger partial charge in [0, 0.05) is 17.6 Å². The molecule has 0 heterocycles. The molecule has 1 N–H and O–H groups in total. The molecule has 1 amide bonds. The minimum atomic E-state index is -0.824. The van der Waals surface area contributed by atoms with Crippen molar-refractivity contribution >= 4 is 46.6 Å². The van der Waals surface area contributed by atoms with E-state index in [2.05, 4.69) is 5.32 Å². The molecule has 0 saturated heterocycles. The van der Waals surface area contributed by atoms with E-state index in [0.29, 0.717) is 10.6 Å². The maximum Gasteiger partial charge on any atom is 0.339 e. The molecule has 3 aromatic carbocycles. The zero-order valence-electron chi connectivity index (χ0n) is 17.1. The van der Waals surface area contributed by atoms with Gasteiger partial charge >= 0.3 is 5.97 Å². The molecule has 5 nitrogen and oxygen atoms in total. The number of hydrogen-bond acceptors (Lipinski definition) is 4. The second-order valence-corrected chi connectivity index (χ2v) is 7.29. The summed E-state index contributed by atoms with van der Waals surface area (Å²) in [6.07, 6.45) is 1.64. The fourth-order valence-electron chi connectivity index (χ4n) is 2.91. The van der Waals surface area contributed by atoms with Crippen molar-refractivity contribution in [2.75, 3.05) is 11.9 Å². The molecule has 0 bridgehead atoms. The number of halogens is 2. The summed E-state index contributed by atoms with van der Waals surface area (Å²) in [4.78, 5) is 36.3. The van der Waals surface area contributed by atoms with Gasteiger partial charge in [-0.2, -0.15) is 0 Å². The Kier molecular flexibility index (Phi) is 7.52. The molecule has 3 aromatic rings. The van der Waals surface area contributed by atoms with Crippen molar-refractivity contribution in [2.45, 2.75) is 6.92 Å². The maximum absolute atomic E-state index is 14.3. The van der Waals surface area contributed by atoms with Crippen LogP contribution >= 0.6 is 11.6 Å². The summed E-state index contributed by atoms with van der Waals surface area (Å²) in [6, 6.07) is 19.4. The van der Waals surface area contributed by atoms with Gasteiger partial charge in [-0.1, -0.05) is 54.1 Å². The third kappa shape index (κ3) is 6.12. The van der Waals surface area contributed by atoms with E-state index in [1.54, 1.807) is 30.3 Å². The SMILES string of the molecule is CC(=O)Nc1ccc(C(=O)COC(=O)/C(=C/c2ccccc2)c2ccc(Cl)cc2)c(F)c1. The van der Waals surface area contributed by atoms with Crippen molar-refractivity contribution in [1.82, 2.24) is 0 Å².